The molecule has 1 atom stereocenters. The number of ether oxygens (including phenoxy) is 1. The van der Waals surface area contributed by atoms with Crippen LogP contribution in [0.25, 0.3) is 0 Å². The van der Waals surface area contributed by atoms with Gasteiger partial charge >= 0.3 is 0 Å². The van der Waals surface area contributed by atoms with Gasteiger partial charge in [0.1, 0.15) is 5.75 Å². The molecular formula is C16H23N3O. The van der Waals surface area contributed by atoms with E-state index in [9.17, 15) is 0 Å². The Labute approximate surface area is 120 Å². The molecule has 2 rings (SSSR count). The molecule has 0 radical (unpaired) electrons. The van der Waals surface area contributed by atoms with Crippen molar-refractivity contribution >= 4 is 0 Å². The normalized spacial score (nSPS) is 12.3. The van der Waals surface area contributed by atoms with Gasteiger partial charge in [-0.05, 0) is 38.9 Å². The van der Waals surface area contributed by atoms with Crippen LogP contribution in [0.3, 0.4) is 0 Å². The van der Waals surface area contributed by atoms with Gasteiger partial charge in [0.2, 0.25) is 0 Å². The van der Waals surface area contributed by atoms with Crippen molar-refractivity contribution in [1.82, 2.24) is 15.1 Å². The first-order chi connectivity index (χ1) is 9.70. The van der Waals surface area contributed by atoms with Crippen LogP contribution in [0, 0.1) is 6.92 Å². The topological polar surface area (TPSA) is 39.1 Å². The molecule has 4 heteroatoms. The summed E-state index contributed by atoms with van der Waals surface area (Å²) in [5.41, 5.74) is 2.47. The van der Waals surface area contributed by atoms with Gasteiger partial charge in [-0.3, -0.25) is 4.68 Å². The fourth-order valence-electron chi connectivity index (χ4n) is 2.29. The maximum absolute atomic E-state index is 5.43. The number of rotatable bonds is 7. The zero-order valence-electron chi connectivity index (χ0n) is 12.5. The third-order valence-electron chi connectivity index (χ3n) is 3.43. The van der Waals surface area contributed by atoms with E-state index in [0.717, 1.165) is 25.3 Å². The molecule has 1 N–H and O–H groups in total. The number of hydrogen-bond donors (Lipinski definition) is 1. The van der Waals surface area contributed by atoms with Crippen LogP contribution in [0.1, 0.15) is 30.5 Å². The Kier molecular flexibility index (Phi) is 5.18. The van der Waals surface area contributed by atoms with Crippen LogP contribution >= 0.6 is 0 Å². The molecule has 0 aliphatic heterocycles. The summed E-state index contributed by atoms with van der Waals surface area (Å²) in [5.74, 6) is 0.947. The highest BCUT2D eigenvalue weighted by molar-refractivity contribution is 5.38. The van der Waals surface area contributed by atoms with Gasteiger partial charge in [0.15, 0.2) is 0 Å². The van der Waals surface area contributed by atoms with E-state index in [1.165, 1.54) is 11.1 Å². The largest absolute Gasteiger partial charge is 0.496 e. The quantitative estimate of drug-likeness (QED) is 0.788. The number of aryl methyl sites for hydroxylation is 2. The van der Waals surface area contributed by atoms with E-state index in [0.29, 0.717) is 0 Å². The molecule has 1 aromatic carbocycles. The predicted octanol–water partition coefficient (Wildman–Crippen LogP) is 2.94. The SMILES string of the molecule is COc1ccc(C)cc1C(C)NCCCn1cccn1. The highest BCUT2D eigenvalue weighted by Crippen LogP contribution is 2.25. The fraction of sp³-hybridized carbons (Fsp3) is 0.438. The zero-order valence-corrected chi connectivity index (χ0v) is 12.5. The molecule has 0 spiro atoms. The van der Waals surface area contributed by atoms with Gasteiger partial charge in [0, 0.05) is 30.5 Å². The summed E-state index contributed by atoms with van der Waals surface area (Å²) in [6, 6.07) is 8.53. The summed E-state index contributed by atoms with van der Waals surface area (Å²) in [6.45, 7) is 6.17. The smallest absolute Gasteiger partial charge is 0.123 e. The van der Waals surface area contributed by atoms with E-state index in [1.807, 2.05) is 29.2 Å². The Morgan fingerprint density at radius 2 is 2.25 bits per heavy atom. The molecule has 0 fully saturated rings. The maximum atomic E-state index is 5.43. The first-order valence-electron chi connectivity index (χ1n) is 7.06. The predicted molar refractivity (Wildman–Crippen MR) is 81.0 cm³/mol. The minimum Gasteiger partial charge on any atom is -0.496 e. The van der Waals surface area contributed by atoms with Gasteiger partial charge in [-0.1, -0.05) is 17.7 Å². The minimum atomic E-state index is 0.280. The molecule has 0 aliphatic rings. The van der Waals surface area contributed by atoms with Gasteiger partial charge < -0.3 is 10.1 Å². The number of aromatic nitrogens is 2. The van der Waals surface area contributed by atoms with Crippen LogP contribution < -0.4 is 10.1 Å². The average Bonchev–Trinajstić information content (AvgIpc) is 2.96. The molecule has 1 aromatic heterocycles. The molecule has 0 aliphatic carbocycles. The Hall–Kier alpha value is -1.81. The summed E-state index contributed by atoms with van der Waals surface area (Å²) >= 11 is 0. The summed E-state index contributed by atoms with van der Waals surface area (Å²) in [6.07, 6.45) is 4.86. The molecule has 0 amide bonds. The molecule has 0 saturated heterocycles. The number of hydrogen-bond acceptors (Lipinski definition) is 3. The van der Waals surface area contributed by atoms with Crippen LogP contribution in [0.15, 0.2) is 36.7 Å². The summed E-state index contributed by atoms with van der Waals surface area (Å²) in [5, 5.41) is 7.74. The standard InChI is InChI=1S/C16H23N3O/c1-13-6-7-16(20-3)15(12-13)14(2)17-8-4-10-19-11-5-9-18-19/h5-7,9,11-12,14,17H,4,8,10H2,1-3H3. The van der Waals surface area contributed by atoms with Gasteiger partial charge in [0.05, 0.1) is 7.11 Å². The molecule has 108 valence electrons. The lowest BCUT2D eigenvalue weighted by Gasteiger charge is -2.18. The molecule has 20 heavy (non-hydrogen) atoms. The van der Waals surface area contributed by atoms with E-state index in [-0.39, 0.29) is 6.04 Å². The Balaban J connectivity index is 1.85. The summed E-state index contributed by atoms with van der Waals surface area (Å²) in [4.78, 5) is 0. The monoisotopic (exact) mass is 273 g/mol. The van der Waals surface area contributed by atoms with Crippen molar-refractivity contribution in [3.63, 3.8) is 0 Å². The lowest BCUT2D eigenvalue weighted by Crippen LogP contribution is -2.21. The van der Waals surface area contributed by atoms with Crippen molar-refractivity contribution in [3.05, 3.63) is 47.8 Å². The second-order valence-corrected chi connectivity index (χ2v) is 5.04. The lowest BCUT2D eigenvalue weighted by atomic mass is 10.0. The fourth-order valence-corrected chi connectivity index (χ4v) is 2.29. The van der Waals surface area contributed by atoms with Crippen LogP contribution in [-0.2, 0) is 6.54 Å². The molecule has 1 heterocycles. The van der Waals surface area contributed by atoms with Gasteiger partial charge in [0.25, 0.3) is 0 Å². The van der Waals surface area contributed by atoms with Crippen LogP contribution in [0.4, 0.5) is 0 Å². The molecular weight excluding hydrogens is 250 g/mol. The van der Waals surface area contributed by atoms with E-state index < -0.39 is 0 Å². The molecule has 4 nitrogen and oxygen atoms in total. The van der Waals surface area contributed by atoms with Crippen molar-refractivity contribution in [3.8, 4) is 5.75 Å². The van der Waals surface area contributed by atoms with Crippen molar-refractivity contribution in [2.24, 2.45) is 0 Å². The number of methoxy groups -OCH3 is 1. The average molecular weight is 273 g/mol. The second kappa shape index (κ2) is 7.10. The second-order valence-electron chi connectivity index (χ2n) is 5.04. The highest BCUT2D eigenvalue weighted by Gasteiger charge is 2.10. The first kappa shape index (κ1) is 14.6. The first-order valence-corrected chi connectivity index (χ1v) is 7.06. The Morgan fingerprint density at radius 1 is 1.40 bits per heavy atom. The molecule has 1 unspecified atom stereocenters. The van der Waals surface area contributed by atoms with Crippen molar-refractivity contribution < 1.29 is 4.74 Å². The van der Waals surface area contributed by atoms with Gasteiger partial charge in [-0.25, -0.2) is 0 Å². The molecule has 2 aromatic rings. The highest BCUT2D eigenvalue weighted by atomic mass is 16.5. The van der Waals surface area contributed by atoms with E-state index in [2.05, 4.69) is 36.4 Å². The minimum absolute atomic E-state index is 0.280. The van der Waals surface area contributed by atoms with Crippen molar-refractivity contribution in [2.45, 2.75) is 32.9 Å². The summed E-state index contributed by atoms with van der Waals surface area (Å²) < 4.78 is 7.39. The number of benzene rings is 1. The number of nitrogens with one attached hydrogen (secondary N) is 1. The van der Waals surface area contributed by atoms with E-state index in [4.69, 9.17) is 4.74 Å². The van der Waals surface area contributed by atoms with Crippen LogP contribution in [0.5, 0.6) is 5.75 Å². The maximum Gasteiger partial charge on any atom is 0.123 e. The third-order valence-corrected chi connectivity index (χ3v) is 3.43. The molecule has 0 bridgehead atoms. The van der Waals surface area contributed by atoms with E-state index >= 15 is 0 Å². The van der Waals surface area contributed by atoms with Crippen LogP contribution in [0.2, 0.25) is 0 Å². The Morgan fingerprint density at radius 3 is 2.95 bits per heavy atom. The zero-order chi connectivity index (χ0) is 14.4. The lowest BCUT2D eigenvalue weighted by molar-refractivity contribution is 0.400. The van der Waals surface area contributed by atoms with Gasteiger partial charge in [-0.2, -0.15) is 5.10 Å². The van der Waals surface area contributed by atoms with Crippen molar-refractivity contribution in [1.29, 1.82) is 0 Å². The van der Waals surface area contributed by atoms with Crippen molar-refractivity contribution in [2.75, 3.05) is 13.7 Å². The molecule has 0 saturated carbocycles. The van der Waals surface area contributed by atoms with E-state index in [1.54, 1.807) is 7.11 Å². The summed E-state index contributed by atoms with van der Waals surface area (Å²) in [7, 11) is 1.72. The van der Waals surface area contributed by atoms with Gasteiger partial charge in [-0.15, -0.1) is 0 Å². The number of nitrogens with zero attached hydrogens (tertiary/aromatic N) is 2. The third kappa shape index (κ3) is 3.84. The Bertz CT molecular complexity index is 523. The van der Waals surface area contributed by atoms with Crippen LogP contribution in [-0.4, -0.2) is 23.4 Å².